The van der Waals surface area contributed by atoms with Crippen molar-refractivity contribution in [3.8, 4) is 5.75 Å². The molecule has 0 aliphatic rings. The van der Waals surface area contributed by atoms with Crippen LogP contribution in [-0.2, 0) is 4.79 Å². The molecule has 2 heterocycles. The summed E-state index contributed by atoms with van der Waals surface area (Å²) in [5.41, 5.74) is 0.127. The average Bonchev–Trinajstić information content (AvgIpc) is 2.74. The number of Topliss-reactive ketones (excluding diaryl/α,β-unsaturated/α-hetero) is 1. The highest BCUT2D eigenvalue weighted by Gasteiger charge is 2.26. The maximum absolute atomic E-state index is 11.4. The van der Waals surface area contributed by atoms with Gasteiger partial charge in [-0.1, -0.05) is 4.73 Å². The summed E-state index contributed by atoms with van der Waals surface area (Å²) in [5, 5.41) is 18.4. The lowest BCUT2D eigenvalue weighted by atomic mass is 10.1. The van der Waals surface area contributed by atoms with Gasteiger partial charge in [-0.3, -0.25) is 4.79 Å². The summed E-state index contributed by atoms with van der Waals surface area (Å²) in [6.45, 7) is 0. The van der Waals surface area contributed by atoms with Crippen molar-refractivity contribution in [3.05, 3.63) is 24.0 Å². The van der Waals surface area contributed by atoms with Gasteiger partial charge in [0.1, 0.15) is 23.5 Å². The third-order valence-corrected chi connectivity index (χ3v) is 2.36. The van der Waals surface area contributed by atoms with Gasteiger partial charge in [0.15, 0.2) is 0 Å². The fourth-order valence-corrected chi connectivity index (χ4v) is 1.60. The van der Waals surface area contributed by atoms with E-state index < -0.39 is 11.8 Å². The molecule has 0 aromatic carbocycles. The third-order valence-electron chi connectivity index (χ3n) is 2.36. The Labute approximate surface area is 94.8 Å². The number of carboxylic acids is 1. The molecule has 2 aromatic rings. The minimum Gasteiger partial charge on any atom is -0.496 e. The zero-order valence-electron chi connectivity index (χ0n) is 8.80. The molecule has 3 N–H and O–H groups in total. The predicted octanol–water partition coefficient (Wildman–Crippen LogP) is -0.0314. The smallest absolute Gasteiger partial charge is 0.377 e. The van der Waals surface area contributed by atoms with Gasteiger partial charge in [0, 0.05) is 6.07 Å². The number of ketones is 1. The topological polar surface area (TPSA) is 104 Å². The number of hydrogen-bond donors (Lipinski definition) is 3. The van der Waals surface area contributed by atoms with E-state index in [4.69, 9.17) is 9.84 Å². The van der Waals surface area contributed by atoms with E-state index in [1.165, 1.54) is 25.6 Å². The lowest BCUT2D eigenvalue weighted by Gasteiger charge is -2.00. The summed E-state index contributed by atoms with van der Waals surface area (Å²) in [5.74, 6) is -2.34. The van der Waals surface area contributed by atoms with E-state index >= 15 is 0 Å². The lowest BCUT2D eigenvalue weighted by Crippen LogP contribution is -2.30. The van der Waals surface area contributed by atoms with Gasteiger partial charge in [-0.2, -0.15) is 0 Å². The summed E-state index contributed by atoms with van der Waals surface area (Å²) in [6, 6.07) is 1.43. The molecule has 0 unspecified atom stereocenters. The van der Waals surface area contributed by atoms with E-state index in [0.29, 0.717) is 5.75 Å². The van der Waals surface area contributed by atoms with Crippen LogP contribution in [0.5, 0.6) is 5.75 Å². The number of aromatic nitrogens is 2. The number of carboxylic acid groups (broad SMARTS) is 1. The van der Waals surface area contributed by atoms with E-state index in [2.05, 4.69) is 4.98 Å². The Morgan fingerprint density at radius 2 is 2.18 bits per heavy atom. The minimum atomic E-state index is -1.57. The number of fused-ring (bicyclic) bond motifs is 1. The van der Waals surface area contributed by atoms with E-state index in [9.17, 15) is 14.8 Å². The van der Waals surface area contributed by atoms with Gasteiger partial charge in [0.05, 0.1) is 12.7 Å². The van der Waals surface area contributed by atoms with Gasteiger partial charge in [-0.05, 0) is 0 Å². The Morgan fingerprint density at radius 1 is 1.47 bits per heavy atom. The second-order valence-electron chi connectivity index (χ2n) is 3.29. The molecule has 88 valence electrons. The second-order valence-corrected chi connectivity index (χ2v) is 3.29. The van der Waals surface area contributed by atoms with Crippen molar-refractivity contribution in [2.75, 3.05) is 7.11 Å². The highest BCUT2D eigenvalue weighted by atomic mass is 16.5. The van der Waals surface area contributed by atoms with Gasteiger partial charge < -0.3 is 15.1 Å². The maximum atomic E-state index is 11.4. The summed E-state index contributed by atoms with van der Waals surface area (Å²) in [6.07, 6.45) is 2.53. The monoisotopic (exact) mass is 237 g/mol. The van der Waals surface area contributed by atoms with Gasteiger partial charge in [-0.25, -0.2) is 9.78 Å². The molecule has 17 heavy (non-hydrogen) atoms. The van der Waals surface area contributed by atoms with Crippen molar-refractivity contribution in [1.82, 2.24) is 4.98 Å². The summed E-state index contributed by atoms with van der Waals surface area (Å²) in [7, 11) is 1.39. The number of rotatable bonds is 3. The van der Waals surface area contributed by atoms with Crippen LogP contribution in [-0.4, -0.2) is 34.2 Å². The molecule has 7 heteroatoms. The molecule has 0 fully saturated rings. The Hall–Kier alpha value is -2.57. The summed E-state index contributed by atoms with van der Waals surface area (Å²) < 4.78 is 5.77. The number of aromatic amines is 1. The predicted molar refractivity (Wildman–Crippen MR) is 54.2 cm³/mol. The first kappa shape index (κ1) is 10.9. The SMILES string of the molecule is COc1cc[n+](O)c2[nH]cc(C(=O)C(=O)O)c12. The van der Waals surface area contributed by atoms with E-state index in [-0.39, 0.29) is 16.6 Å². The van der Waals surface area contributed by atoms with Crippen LogP contribution >= 0.6 is 0 Å². The number of H-pyrrole nitrogens is 1. The number of nitrogens with one attached hydrogen (secondary N) is 1. The van der Waals surface area contributed by atoms with Crippen LogP contribution in [0.25, 0.3) is 11.0 Å². The van der Waals surface area contributed by atoms with Crippen LogP contribution in [0.4, 0.5) is 0 Å². The number of carbonyl (C=O) groups is 2. The van der Waals surface area contributed by atoms with Crippen LogP contribution in [0.2, 0.25) is 0 Å². The molecule has 0 amide bonds. The number of hydrogen-bond acceptors (Lipinski definition) is 4. The van der Waals surface area contributed by atoms with E-state index in [1.54, 1.807) is 0 Å². The number of carbonyl (C=O) groups excluding carboxylic acids is 1. The van der Waals surface area contributed by atoms with Crippen LogP contribution in [0.1, 0.15) is 10.4 Å². The maximum Gasteiger partial charge on any atom is 0.377 e. The zero-order chi connectivity index (χ0) is 12.6. The van der Waals surface area contributed by atoms with Crippen molar-refractivity contribution >= 4 is 22.8 Å². The first-order valence-electron chi connectivity index (χ1n) is 4.63. The summed E-state index contributed by atoms with van der Waals surface area (Å²) >= 11 is 0. The number of ether oxygens (including phenoxy) is 1. The molecule has 2 rings (SSSR count). The van der Waals surface area contributed by atoms with Crippen molar-refractivity contribution in [1.29, 1.82) is 0 Å². The Kier molecular flexibility index (Phi) is 2.43. The first-order valence-corrected chi connectivity index (χ1v) is 4.63. The molecule has 0 aliphatic heterocycles. The second kappa shape index (κ2) is 3.78. The molecule has 0 aliphatic carbocycles. The number of pyridine rings is 1. The molecule has 0 bridgehead atoms. The van der Waals surface area contributed by atoms with E-state index in [1.807, 2.05) is 0 Å². The normalized spacial score (nSPS) is 10.4. The fraction of sp³-hybridized carbons (Fsp3) is 0.100. The molecule has 2 aromatic heterocycles. The quantitative estimate of drug-likeness (QED) is 0.301. The molecule has 7 nitrogen and oxygen atoms in total. The van der Waals surface area contributed by atoms with Crippen molar-refractivity contribution in [2.45, 2.75) is 0 Å². The van der Waals surface area contributed by atoms with Crippen LogP contribution < -0.4 is 9.47 Å². The largest absolute Gasteiger partial charge is 0.496 e. The fourth-order valence-electron chi connectivity index (χ4n) is 1.60. The standard InChI is InChI=1S/C10H8N2O5/c1-17-6-2-3-12(16)9-7(6)5(4-11-9)8(13)10(14)15/h2-4,16H,1H3,(H,14,15)/p+1. The number of aliphatic carboxylic acids is 1. The average molecular weight is 237 g/mol. The van der Waals surface area contributed by atoms with Gasteiger partial charge in [0.25, 0.3) is 5.78 Å². The van der Waals surface area contributed by atoms with Crippen molar-refractivity contribution in [2.24, 2.45) is 0 Å². The van der Waals surface area contributed by atoms with E-state index in [0.717, 1.165) is 4.73 Å². The van der Waals surface area contributed by atoms with Crippen molar-refractivity contribution < 1.29 is 29.4 Å². The third kappa shape index (κ3) is 1.57. The molecule has 0 radical (unpaired) electrons. The molecule has 0 saturated carbocycles. The zero-order valence-corrected chi connectivity index (χ0v) is 8.80. The van der Waals surface area contributed by atoms with Crippen LogP contribution in [0.3, 0.4) is 0 Å². The minimum absolute atomic E-state index is 0.0623. The Morgan fingerprint density at radius 3 is 2.76 bits per heavy atom. The molecule has 0 saturated heterocycles. The molecule has 0 atom stereocenters. The number of nitrogens with zero attached hydrogens (tertiary/aromatic N) is 1. The van der Waals surface area contributed by atoms with Gasteiger partial charge in [0.2, 0.25) is 0 Å². The van der Waals surface area contributed by atoms with Gasteiger partial charge in [-0.15, -0.1) is 0 Å². The Balaban J connectivity index is 2.78. The lowest BCUT2D eigenvalue weighted by molar-refractivity contribution is -0.885. The highest BCUT2D eigenvalue weighted by molar-refractivity contribution is 6.42. The first-order chi connectivity index (χ1) is 8.06. The van der Waals surface area contributed by atoms with Crippen LogP contribution in [0, 0.1) is 0 Å². The molecular formula is C10H9N2O5+. The Bertz CT molecular complexity index is 616. The number of methoxy groups -OCH3 is 1. The molecular weight excluding hydrogens is 228 g/mol. The van der Waals surface area contributed by atoms with Crippen molar-refractivity contribution in [3.63, 3.8) is 0 Å². The molecule has 0 spiro atoms. The van der Waals surface area contributed by atoms with Crippen LogP contribution in [0.15, 0.2) is 18.5 Å². The summed E-state index contributed by atoms with van der Waals surface area (Å²) in [4.78, 5) is 24.7. The van der Waals surface area contributed by atoms with Gasteiger partial charge >= 0.3 is 11.6 Å². The highest BCUT2D eigenvalue weighted by Crippen LogP contribution is 2.26.